The lowest BCUT2D eigenvalue weighted by atomic mass is 9.94. The second-order valence-electron chi connectivity index (χ2n) is 9.40. The minimum atomic E-state index is -0.879. The summed E-state index contributed by atoms with van der Waals surface area (Å²) in [5.41, 5.74) is 5.02. The fourth-order valence-corrected chi connectivity index (χ4v) is 5.06. The first-order valence-corrected chi connectivity index (χ1v) is 12.6. The van der Waals surface area contributed by atoms with E-state index in [0.717, 1.165) is 61.3 Å². The fourth-order valence-electron chi connectivity index (χ4n) is 5.06. The lowest BCUT2D eigenvalue weighted by Gasteiger charge is -2.27. The summed E-state index contributed by atoms with van der Waals surface area (Å²) in [5.74, 6) is 0.172. The van der Waals surface area contributed by atoms with Crippen molar-refractivity contribution in [1.29, 1.82) is 0 Å². The minimum absolute atomic E-state index is 0.0396. The van der Waals surface area contributed by atoms with E-state index < -0.39 is 12.0 Å². The van der Waals surface area contributed by atoms with Gasteiger partial charge < -0.3 is 15.2 Å². The Labute approximate surface area is 207 Å². The highest BCUT2D eigenvalue weighted by Gasteiger charge is 2.36. The Balaban J connectivity index is 1.27. The number of aliphatic carboxylic acids is 1. The number of aliphatic imine (C=N–C) groups is 1. The molecule has 1 aromatic carbocycles. The number of pyridine rings is 1. The number of carboxylic acid groups (broad SMARTS) is 1. The van der Waals surface area contributed by atoms with Gasteiger partial charge in [-0.3, -0.25) is 14.7 Å². The van der Waals surface area contributed by atoms with Crippen LogP contribution in [0.3, 0.4) is 0 Å². The largest absolute Gasteiger partial charge is 0.480 e. The molecule has 4 rings (SSSR count). The van der Waals surface area contributed by atoms with Crippen LogP contribution in [-0.4, -0.2) is 66.1 Å². The molecule has 0 radical (unpaired) electrons. The zero-order chi connectivity index (χ0) is 24.6. The number of anilines is 1. The molecule has 0 aliphatic carbocycles. The van der Waals surface area contributed by atoms with Crippen LogP contribution in [0.1, 0.15) is 48.1 Å². The maximum atomic E-state index is 12.3. The molecule has 186 valence electrons. The monoisotopic (exact) mass is 476 g/mol. The van der Waals surface area contributed by atoms with Gasteiger partial charge >= 0.3 is 5.97 Å². The predicted molar refractivity (Wildman–Crippen MR) is 140 cm³/mol. The molecule has 0 amide bonds. The number of hydrogen-bond acceptors (Lipinski definition) is 6. The Morgan fingerprint density at radius 1 is 1.34 bits per heavy atom. The number of hydrogen-bond donors (Lipinski definition) is 2. The first-order valence-electron chi connectivity index (χ1n) is 12.6. The van der Waals surface area contributed by atoms with Crippen molar-refractivity contribution in [2.45, 2.75) is 57.6 Å². The third kappa shape index (κ3) is 6.35. The maximum Gasteiger partial charge on any atom is 0.325 e. The van der Waals surface area contributed by atoms with Gasteiger partial charge in [-0.25, -0.2) is 4.98 Å². The van der Waals surface area contributed by atoms with Gasteiger partial charge in [-0.15, -0.1) is 0 Å². The zero-order valence-corrected chi connectivity index (χ0v) is 20.6. The lowest BCUT2D eigenvalue weighted by molar-refractivity contribution is -0.140. The summed E-state index contributed by atoms with van der Waals surface area (Å²) >= 11 is 0. The zero-order valence-electron chi connectivity index (χ0n) is 20.6. The van der Waals surface area contributed by atoms with E-state index in [2.05, 4.69) is 29.2 Å². The molecule has 2 atom stereocenters. The molecule has 3 heterocycles. The normalized spacial score (nSPS) is 19.1. The molecule has 2 aromatic rings. The summed E-state index contributed by atoms with van der Waals surface area (Å²) in [7, 11) is 0. The molecule has 2 aliphatic rings. The number of benzene rings is 1. The Morgan fingerprint density at radius 2 is 2.20 bits per heavy atom. The van der Waals surface area contributed by atoms with Crippen molar-refractivity contribution < 1.29 is 14.6 Å². The molecule has 1 fully saturated rings. The van der Waals surface area contributed by atoms with Gasteiger partial charge in [-0.05, 0) is 74.9 Å². The number of ether oxygens (including phenoxy) is 1. The molecular formula is C28H36N4O3. The van der Waals surface area contributed by atoms with E-state index in [0.29, 0.717) is 25.3 Å². The van der Waals surface area contributed by atoms with Crippen LogP contribution in [0.15, 0.2) is 47.6 Å². The first-order chi connectivity index (χ1) is 17.1. The number of nitrogens with zero attached hydrogens (tertiary/aromatic N) is 3. The van der Waals surface area contributed by atoms with E-state index in [1.54, 1.807) is 6.20 Å². The highest BCUT2D eigenvalue weighted by atomic mass is 16.5. The van der Waals surface area contributed by atoms with Gasteiger partial charge in [0.1, 0.15) is 11.9 Å². The predicted octanol–water partition coefficient (Wildman–Crippen LogP) is 4.36. The van der Waals surface area contributed by atoms with Gasteiger partial charge in [0.2, 0.25) is 0 Å². The average molecular weight is 477 g/mol. The van der Waals surface area contributed by atoms with Gasteiger partial charge in [-0.1, -0.05) is 30.3 Å². The Hall–Kier alpha value is -3.03. The molecule has 0 saturated carbocycles. The van der Waals surface area contributed by atoms with Crippen molar-refractivity contribution in [2.75, 3.05) is 31.6 Å². The number of rotatable bonds is 11. The Bertz CT molecular complexity index is 1070. The van der Waals surface area contributed by atoms with Crippen LogP contribution in [0.25, 0.3) is 5.57 Å². The Kier molecular flexibility index (Phi) is 8.66. The first kappa shape index (κ1) is 25.1. The number of unbranched alkanes of at least 4 members (excludes halogenated alkanes) is 1. The SMILES string of the molecule is C=N/C=C(\c1ccccc1C)C(C(=O)O)N1CC[C@@H](OCCCCc2ccc3c(n2)NCCC3)C1. The van der Waals surface area contributed by atoms with Gasteiger partial charge in [0.05, 0.1) is 6.10 Å². The summed E-state index contributed by atoms with van der Waals surface area (Å²) in [6.45, 7) is 8.50. The van der Waals surface area contributed by atoms with E-state index in [1.807, 2.05) is 36.1 Å². The van der Waals surface area contributed by atoms with Crippen LogP contribution in [0.2, 0.25) is 0 Å². The van der Waals surface area contributed by atoms with Crippen LogP contribution in [0, 0.1) is 6.92 Å². The number of likely N-dealkylation sites (tertiary alicyclic amines) is 1. The molecule has 1 saturated heterocycles. The van der Waals surface area contributed by atoms with E-state index >= 15 is 0 Å². The van der Waals surface area contributed by atoms with Crippen molar-refractivity contribution in [3.8, 4) is 0 Å². The third-order valence-electron chi connectivity index (χ3n) is 6.89. The number of nitrogens with one attached hydrogen (secondary N) is 1. The number of carbonyl (C=O) groups is 1. The summed E-state index contributed by atoms with van der Waals surface area (Å²) in [6.07, 6.45) is 7.64. The second-order valence-corrected chi connectivity index (χ2v) is 9.40. The second kappa shape index (κ2) is 12.1. The van der Waals surface area contributed by atoms with Crippen molar-refractivity contribution in [3.05, 3.63) is 65.0 Å². The summed E-state index contributed by atoms with van der Waals surface area (Å²) in [4.78, 5) is 23.0. The molecule has 35 heavy (non-hydrogen) atoms. The van der Waals surface area contributed by atoms with Crippen LogP contribution in [-0.2, 0) is 22.4 Å². The van der Waals surface area contributed by atoms with Crippen LogP contribution in [0.4, 0.5) is 5.82 Å². The van der Waals surface area contributed by atoms with E-state index in [-0.39, 0.29) is 6.10 Å². The summed E-state index contributed by atoms with van der Waals surface area (Å²) in [6, 6.07) is 11.4. The smallest absolute Gasteiger partial charge is 0.325 e. The third-order valence-corrected chi connectivity index (χ3v) is 6.89. The summed E-state index contributed by atoms with van der Waals surface area (Å²) < 4.78 is 6.14. The van der Waals surface area contributed by atoms with Crippen molar-refractivity contribution in [2.24, 2.45) is 4.99 Å². The summed E-state index contributed by atoms with van der Waals surface area (Å²) in [5, 5.41) is 13.5. The molecule has 1 unspecified atom stereocenters. The standard InChI is InChI=1S/C28H36N4O3/c1-20-8-3-4-11-24(20)25(18-29-2)26(28(33)34)32-16-14-23(19-32)35-17-6-5-10-22-13-12-21-9-7-15-30-27(21)31-22/h3-4,8,11-13,18,23,26H,2,5-7,9-10,14-17,19H2,1H3,(H,30,31)(H,33,34)/b25-18+/t23-,26?/m1/s1. The lowest BCUT2D eigenvalue weighted by Crippen LogP contribution is -2.41. The maximum absolute atomic E-state index is 12.3. The highest BCUT2D eigenvalue weighted by molar-refractivity contribution is 5.92. The number of fused-ring (bicyclic) bond motifs is 1. The van der Waals surface area contributed by atoms with Crippen molar-refractivity contribution in [1.82, 2.24) is 9.88 Å². The van der Waals surface area contributed by atoms with Gasteiger partial charge in [0.25, 0.3) is 0 Å². The highest BCUT2D eigenvalue weighted by Crippen LogP contribution is 2.29. The van der Waals surface area contributed by atoms with Crippen LogP contribution >= 0.6 is 0 Å². The molecule has 7 heteroatoms. The molecule has 7 nitrogen and oxygen atoms in total. The van der Waals surface area contributed by atoms with Gasteiger partial charge in [-0.2, -0.15) is 0 Å². The van der Waals surface area contributed by atoms with Crippen molar-refractivity contribution >= 4 is 24.1 Å². The van der Waals surface area contributed by atoms with Crippen molar-refractivity contribution in [3.63, 3.8) is 0 Å². The number of carboxylic acids is 1. The molecule has 2 aliphatic heterocycles. The fraction of sp³-hybridized carbons (Fsp3) is 0.464. The van der Waals surface area contributed by atoms with E-state index in [4.69, 9.17) is 9.72 Å². The Morgan fingerprint density at radius 3 is 3.00 bits per heavy atom. The van der Waals surface area contributed by atoms with E-state index in [1.165, 1.54) is 12.0 Å². The van der Waals surface area contributed by atoms with Gasteiger partial charge in [0.15, 0.2) is 0 Å². The number of aryl methyl sites for hydroxylation is 3. The van der Waals surface area contributed by atoms with E-state index in [9.17, 15) is 9.90 Å². The molecule has 1 aromatic heterocycles. The van der Waals surface area contributed by atoms with Crippen LogP contribution < -0.4 is 5.32 Å². The number of aromatic nitrogens is 1. The molecule has 0 bridgehead atoms. The van der Waals surface area contributed by atoms with Gasteiger partial charge in [0, 0.05) is 43.7 Å². The molecule has 0 spiro atoms. The minimum Gasteiger partial charge on any atom is -0.480 e. The average Bonchev–Trinajstić information content (AvgIpc) is 3.32. The topological polar surface area (TPSA) is 87.0 Å². The van der Waals surface area contributed by atoms with Crippen LogP contribution in [0.5, 0.6) is 0 Å². The molecule has 2 N–H and O–H groups in total. The quantitative estimate of drug-likeness (QED) is 0.370. The molecular weight excluding hydrogens is 440 g/mol.